The number of nitrogens with zero attached hydrogens (tertiary/aromatic N) is 2. The zero-order chi connectivity index (χ0) is 13.3. The molecule has 2 unspecified atom stereocenters. The molecule has 1 saturated heterocycles. The summed E-state index contributed by atoms with van der Waals surface area (Å²) in [7, 11) is -3.60. The van der Waals surface area contributed by atoms with Gasteiger partial charge in [-0.25, -0.2) is 8.42 Å². The summed E-state index contributed by atoms with van der Waals surface area (Å²) in [5.41, 5.74) is 5.87. The molecule has 7 heteroatoms. The van der Waals surface area contributed by atoms with E-state index in [1.807, 2.05) is 0 Å². The lowest BCUT2D eigenvalue weighted by Gasteiger charge is -2.18. The van der Waals surface area contributed by atoms with E-state index < -0.39 is 16.1 Å². The highest BCUT2D eigenvalue weighted by molar-refractivity contribution is 7.89. The van der Waals surface area contributed by atoms with Gasteiger partial charge in [-0.2, -0.15) is 4.31 Å². The fraction of sp³-hybridized carbons (Fsp3) is 0.545. The summed E-state index contributed by atoms with van der Waals surface area (Å²) >= 11 is 0. The molecule has 0 radical (unpaired) electrons. The average Bonchev–Trinajstić information content (AvgIpc) is 2.79. The summed E-state index contributed by atoms with van der Waals surface area (Å²) in [6.07, 6.45) is 2.88. The number of nitrogen functional groups attached to an aromatic ring is 1. The Bertz CT molecular complexity index is 530. The van der Waals surface area contributed by atoms with Crippen LogP contribution in [0.1, 0.15) is 13.3 Å². The maximum atomic E-state index is 12.3. The van der Waals surface area contributed by atoms with Crippen LogP contribution in [0, 0.1) is 5.92 Å². The highest BCUT2D eigenvalue weighted by atomic mass is 32.2. The first-order chi connectivity index (χ1) is 8.43. The van der Waals surface area contributed by atoms with Gasteiger partial charge in [0.25, 0.3) is 0 Å². The molecule has 6 nitrogen and oxygen atoms in total. The summed E-state index contributed by atoms with van der Waals surface area (Å²) in [4.78, 5) is 3.84. The van der Waals surface area contributed by atoms with Gasteiger partial charge in [0, 0.05) is 25.5 Å². The van der Waals surface area contributed by atoms with E-state index in [0.29, 0.717) is 19.5 Å². The average molecular weight is 271 g/mol. The number of aliphatic hydroxyl groups excluding tert-OH is 1. The van der Waals surface area contributed by atoms with E-state index in [-0.39, 0.29) is 16.5 Å². The molecule has 0 amide bonds. The number of aromatic nitrogens is 1. The van der Waals surface area contributed by atoms with Gasteiger partial charge in [-0.3, -0.25) is 4.98 Å². The molecule has 2 heterocycles. The lowest BCUT2D eigenvalue weighted by atomic mass is 10.0. The summed E-state index contributed by atoms with van der Waals surface area (Å²) in [6, 6.07) is 1.47. The van der Waals surface area contributed by atoms with Crippen LogP contribution < -0.4 is 5.73 Å². The van der Waals surface area contributed by atoms with E-state index in [2.05, 4.69) is 4.98 Å². The third-order valence-corrected chi connectivity index (χ3v) is 5.21. The molecule has 1 aromatic heterocycles. The Labute approximate surface area is 106 Å². The van der Waals surface area contributed by atoms with Crippen LogP contribution in [0.3, 0.4) is 0 Å². The number of hydrogen-bond donors (Lipinski definition) is 2. The first-order valence-corrected chi connectivity index (χ1v) is 7.24. The fourth-order valence-electron chi connectivity index (χ4n) is 2.11. The Morgan fingerprint density at radius 3 is 2.89 bits per heavy atom. The van der Waals surface area contributed by atoms with Crippen molar-refractivity contribution in [3.8, 4) is 0 Å². The molecule has 1 aliphatic rings. The first kappa shape index (κ1) is 13.3. The fourth-order valence-corrected chi connectivity index (χ4v) is 3.68. The molecule has 2 atom stereocenters. The molecule has 18 heavy (non-hydrogen) atoms. The highest BCUT2D eigenvalue weighted by Gasteiger charge is 2.35. The lowest BCUT2D eigenvalue weighted by Crippen LogP contribution is -2.31. The van der Waals surface area contributed by atoms with E-state index in [4.69, 9.17) is 5.73 Å². The smallest absolute Gasteiger partial charge is 0.246 e. The molecular formula is C11H17N3O3S. The van der Waals surface area contributed by atoms with Crippen LogP contribution in [-0.2, 0) is 10.0 Å². The van der Waals surface area contributed by atoms with E-state index in [1.54, 1.807) is 6.92 Å². The van der Waals surface area contributed by atoms with Gasteiger partial charge in [0.15, 0.2) is 0 Å². The zero-order valence-electron chi connectivity index (χ0n) is 10.2. The molecule has 0 bridgehead atoms. The van der Waals surface area contributed by atoms with Gasteiger partial charge < -0.3 is 10.8 Å². The predicted octanol–water partition coefficient (Wildman–Crippen LogP) is 0.0552. The Kier molecular flexibility index (Phi) is 3.56. The van der Waals surface area contributed by atoms with E-state index >= 15 is 0 Å². The van der Waals surface area contributed by atoms with Gasteiger partial charge in [0.05, 0.1) is 11.8 Å². The number of sulfonamides is 1. The van der Waals surface area contributed by atoms with E-state index in [9.17, 15) is 13.5 Å². The van der Waals surface area contributed by atoms with Crippen LogP contribution in [0.25, 0.3) is 0 Å². The Balaban J connectivity index is 2.26. The highest BCUT2D eigenvalue weighted by Crippen LogP contribution is 2.28. The van der Waals surface area contributed by atoms with Crippen LogP contribution in [0.5, 0.6) is 0 Å². The molecule has 0 saturated carbocycles. The van der Waals surface area contributed by atoms with Gasteiger partial charge in [0.1, 0.15) is 4.90 Å². The second-order valence-electron chi connectivity index (χ2n) is 4.57. The monoisotopic (exact) mass is 271 g/mol. The van der Waals surface area contributed by atoms with Crippen molar-refractivity contribution in [3.63, 3.8) is 0 Å². The van der Waals surface area contributed by atoms with Crippen molar-refractivity contribution in [3.05, 3.63) is 18.5 Å². The molecule has 3 N–H and O–H groups in total. The molecule has 0 aliphatic carbocycles. The number of nitrogens with two attached hydrogens (primary N) is 1. The summed E-state index contributed by atoms with van der Waals surface area (Å²) in [5.74, 6) is -0.0160. The summed E-state index contributed by atoms with van der Waals surface area (Å²) < 4.78 is 26.1. The Morgan fingerprint density at radius 1 is 1.61 bits per heavy atom. The van der Waals surface area contributed by atoms with E-state index in [1.165, 1.54) is 22.8 Å². The topological polar surface area (TPSA) is 96.5 Å². The number of anilines is 1. The Morgan fingerprint density at radius 2 is 2.33 bits per heavy atom. The largest absolute Gasteiger partial charge is 0.398 e. The van der Waals surface area contributed by atoms with Crippen LogP contribution in [0.2, 0.25) is 0 Å². The molecular weight excluding hydrogens is 254 g/mol. The molecule has 0 aromatic carbocycles. The third-order valence-electron chi connectivity index (χ3n) is 3.30. The summed E-state index contributed by atoms with van der Waals surface area (Å²) in [5, 5.41) is 9.50. The van der Waals surface area contributed by atoms with Crippen molar-refractivity contribution < 1.29 is 13.5 Å². The van der Waals surface area contributed by atoms with Crippen molar-refractivity contribution in [2.75, 3.05) is 18.8 Å². The standard InChI is InChI=1S/C11H17N3O3S/c1-8(15)9-3-5-14(7-9)18(16,17)11-6-13-4-2-10(11)12/h2,4,6,8-9,15H,3,5,7H2,1H3,(H2,12,13). The second-order valence-corrected chi connectivity index (χ2v) is 6.47. The maximum Gasteiger partial charge on any atom is 0.246 e. The first-order valence-electron chi connectivity index (χ1n) is 5.80. The van der Waals surface area contributed by atoms with Gasteiger partial charge in [-0.15, -0.1) is 0 Å². The second kappa shape index (κ2) is 4.83. The van der Waals surface area contributed by atoms with Crippen LogP contribution in [0.4, 0.5) is 5.69 Å². The Hall–Kier alpha value is -1.18. The molecule has 1 aromatic rings. The quantitative estimate of drug-likeness (QED) is 0.810. The number of rotatable bonds is 3. The minimum absolute atomic E-state index is 0.0160. The third kappa shape index (κ3) is 2.33. The zero-order valence-corrected chi connectivity index (χ0v) is 11.0. The minimum Gasteiger partial charge on any atom is -0.398 e. The van der Waals surface area contributed by atoms with Crippen LogP contribution in [0.15, 0.2) is 23.4 Å². The van der Waals surface area contributed by atoms with Gasteiger partial charge in [-0.05, 0) is 25.3 Å². The maximum absolute atomic E-state index is 12.3. The predicted molar refractivity (Wildman–Crippen MR) is 67.2 cm³/mol. The molecule has 2 rings (SSSR count). The molecule has 0 spiro atoms. The lowest BCUT2D eigenvalue weighted by molar-refractivity contribution is 0.133. The number of pyridine rings is 1. The van der Waals surface area contributed by atoms with Crippen molar-refractivity contribution >= 4 is 15.7 Å². The summed E-state index contributed by atoms with van der Waals surface area (Å²) in [6.45, 7) is 2.42. The SMILES string of the molecule is CC(O)C1CCN(S(=O)(=O)c2cnccc2N)C1. The van der Waals surface area contributed by atoms with Crippen molar-refractivity contribution in [1.82, 2.24) is 9.29 Å². The van der Waals surface area contributed by atoms with Crippen LogP contribution in [-0.4, -0.2) is 42.0 Å². The molecule has 1 fully saturated rings. The van der Waals surface area contributed by atoms with Gasteiger partial charge in [-0.1, -0.05) is 0 Å². The van der Waals surface area contributed by atoms with E-state index in [0.717, 1.165) is 0 Å². The molecule has 1 aliphatic heterocycles. The molecule has 100 valence electrons. The minimum atomic E-state index is -3.60. The number of hydrogen-bond acceptors (Lipinski definition) is 5. The van der Waals surface area contributed by atoms with Crippen molar-refractivity contribution in [1.29, 1.82) is 0 Å². The normalized spacial score (nSPS) is 23.1. The van der Waals surface area contributed by atoms with Crippen molar-refractivity contribution in [2.24, 2.45) is 5.92 Å². The van der Waals surface area contributed by atoms with Crippen LogP contribution >= 0.6 is 0 Å². The van der Waals surface area contributed by atoms with Gasteiger partial charge in [0.2, 0.25) is 10.0 Å². The van der Waals surface area contributed by atoms with Crippen molar-refractivity contribution in [2.45, 2.75) is 24.3 Å². The van der Waals surface area contributed by atoms with Gasteiger partial charge >= 0.3 is 0 Å². The number of aliphatic hydroxyl groups is 1.